The van der Waals surface area contributed by atoms with Crippen molar-refractivity contribution >= 4 is 23.3 Å². The number of nitrogens with two attached hydrogens (primary N) is 1. The number of nitrogen functional groups attached to an aromatic ring is 1. The van der Waals surface area contributed by atoms with Crippen molar-refractivity contribution in [3.8, 4) is 5.75 Å². The van der Waals surface area contributed by atoms with E-state index in [1.807, 2.05) is 30.3 Å². The number of hydrogen-bond acceptors (Lipinski definition) is 4. The zero-order chi connectivity index (χ0) is 15.1. The predicted molar refractivity (Wildman–Crippen MR) is 82.5 cm³/mol. The number of nitrogens with one attached hydrogen (secondary N) is 1. The van der Waals surface area contributed by atoms with Crippen molar-refractivity contribution in [1.82, 2.24) is 10.3 Å². The quantitative estimate of drug-likeness (QED) is 0.804. The number of para-hydroxylation sites is 1. The maximum Gasteiger partial charge on any atom is 0.252 e. The highest BCUT2D eigenvalue weighted by atomic mass is 35.5. The third kappa shape index (κ3) is 4.65. The van der Waals surface area contributed by atoms with E-state index in [-0.39, 0.29) is 16.7 Å². The van der Waals surface area contributed by atoms with E-state index in [1.54, 1.807) is 0 Å². The first-order chi connectivity index (χ1) is 10.2. The van der Waals surface area contributed by atoms with Gasteiger partial charge in [-0.3, -0.25) is 4.79 Å². The average molecular weight is 306 g/mol. The fourth-order valence-electron chi connectivity index (χ4n) is 1.70. The predicted octanol–water partition coefficient (Wildman–Crippen LogP) is 2.52. The number of halogens is 1. The molecule has 0 spiro atoms. The maximum atomic E-state index is 11.9. The van der Waals surface area contributed by atoms with Gasteiger partial charge in [-0.1, -0.05) is 29.8 Å². The molecule has 0 aliphatic heterocycles. The molecule has 6 heteroatoms. The number of amides is 1. The van der Waals surface area contributed by atoms with Crippen LogP contribution in [0.15, 0.2) is 42.6 Å². The number of benzene rings is 1. The Morgan fingerprint density at radius 2 is 2.10 bits per heavy atom. The van der Waals surface area contributed by atoms with E-state index < -0.39 is 0 Å². The van der Waals surface area contributed by atoms with Crippen LogP contribution in [0.3, 0.4) is 0 Å². The van der Waals surface area contributed by atoms with Gasteiger partial charge in [0, 0.05) is 12.7 Å². The number of carbonyl (C=O) groups excluding carboxylic acids is 1. The molecule has 0 atom stereocenters. The van der Waals surface area contributed by atoms with Gasteiger partial charge in [-0.2, -0.15) is 0 Å². The lowest BCUT2D eigenvalue weighted by atomic mass is 10.2. The van der Waals surface area contributed by atoms with Crippen LogP contribution in [0.4, 0.5) is 5.82 Å². The molecular formula is C15H16ClN3O2. The number of pyridine rings is 1. The summed E-state index contributed by atoms with van der Waals surface area (Å²) < 4.78 is 5.53. The second-order valence-electron chi connectivity index (χ2n) is 4.36. The monoisotopic (exact) mass is 305 g/mol. The van der Waals surface area contributed by atoms with E-state index in [9.17, 15) is 4.79 Å². The molecular weight excluding hydrogens is 290 g/mol. The molecule has 21 heavy (non-hydrogen) atoms. The summed E-state index contributed by atoms with van der Waals surface area (Å²) in [6, 6.07) is 11.0. The standard InChI is InChI=1S/C15H16ClN3O2/c16-13-10-19-14(17)9-12(13)15(20)18-7-4-8-21-11-5-2-1-3-6-11/h1-3,5-6,9-10H,4,7-8H2,(H2,17,19)(H,18,20). The number of ether oxygens (including phenoxy) is 1. The second kappa shape index (κ2) is 7.50. The molecule has 110 valence electrons. The number of anilines is 1. The Labute approximate surface area is 128 Å². The molecule has 3 N–H and O–H groups in total. The lowest BCUT2D eigenvalue weighted by Gasteiger charge is -2.08. The summed E-state index contributed by atoms with van der Waals surface area (Å²) in [6.45, 7) is 1.01. The summed E-state index contributed by atoms with van der Waals surface area (Å²) in [5.41, 5.74) is 5.86. The molecule has 0 unspecified atom stereocenters. The van der Waals surface area contributed by atoms with Crippen LogP contribution < -0.4 is 15.8 Å². The topological polar surface area (TPSA) is 77.2 Å². The van der Waals surface area contributed by atoms with Gasteiger partial charge in [0.1, 0.15) is 11.6 Å². The minimum Gasteiger partial charge on any atom is -0.494 e. The highest BCUT2D eigenvalue weighted by Crippen LogP contribution is 2.16. The maximum absolute atomic E-state index is 11.9. The summed E-state index contributed by atoms with van der Waals surface area (Å²) in [6.07, 6.45) is 2.06. The van der Waals surface area contributed by atoms with Crippen LogP contribution in [-0.2, 0) is 0 Å². The van der Waals surface area contributed by atoms with E-state index in [2.05, 4.69) is 10.3 Å². The van der Waals surface area contributed by atoms with Crippen LogP contribution in [-0.4, -0.2) is 24.0 Å². The molecule has 0 saturated carbocycles. The molecule has 0 fully saturated rings. The molecule has 1 amide bonds. The third-order valence-electron chi connectivity index (χ3n) is 2.74. The van der Waals surface area contributed by atoms with E-state index in [0.29, 0.717) is 25.1 Å². The summed E-state index contributed by atoms with van der Waals surface area (Å²) in [5.74, 6) is 0.805. The Bertz CT molecular complexity index is 605. The van der Waals surface area contributed by atoms with E-state index >= 15 is 0 Å². The van der Waals surface area contributed by atoms with Crippen molar-refractivity contribution < 1.29 is 9.53 Å². The van der Waals surface area contributed by atoms with Gasteiger partial charge >= 0.3 is 0 Å². The Kier molecular flexibility index (Phi) is 5.40. The van der Waals surface area contributed by atoms with Gasteiger partial charge in [0.2, 0.25) is 0 Å². The number of hydrogen-bond donors (Lipinski definition) is 2. The lowest BCUT2D eigenvalue weighted by molar-refractivity contribution is 0.0951. The van der Waals surface area contributed by atoms with Gasteiger partial charge < -0.3 is 15.8 Å². The molecule has 0 saturated heterocycles. The molecule has 5 nitrogen and oxygen atoms in total. The van der Waals surface area contributed by atoms with Crippen LogP contribution in [0.1, 0.15) is 16.8 Å². The number of rotatable bonds is 6. The van der Waals surface area contributed by atoms with Gasteiger partial charge in [-0.05, 0) is 24.6 Å². The van der Waals surface area contributed by atoms with Crippen molar-refractivity contribution in [3.05, 3.63) is 53.2 Å². The Balaban J connectivity index is 1.73. The summed E-state index contributed by atoms with van der Waals surface area (Å²) in [5, 5.41) is 3.05. The first-order valence-corrected chi connectivity index (χ1v) is 6.91. The SMILES string of the molecule is Nc1cc(C(=O)NCCCOc2ccccc2)c(Cl)cn1. The molecule has 2 aromatic rings. The molecule has 0 aliphatic rings. The van der Waals surface area contributed by atoms with Gasteiger partial charge in [0.05, 0.1) is 17.2 Å². The van der Waals surface area contributed by atoms with Crippen molar-refractivity contribution in [3.63, 3.8) is 0 Å². The number of nitrogens with zero attached hydrogens (tertiary/aromatic N) is 1. The minimum absolute atomic E-state index is 0.261. The van der Waals surface area contributed by atoms with Gasteiger partial charge in [0.15, 0.2) is 0 Å². The smallest absolute Gasteiger partial charge is 0.252 e. The van der Waals surface area contributed by atoms with Crippen molar-refractivity contribution in [2.24, 2.45) is 0 Å². The Morgan fingerprint density at radius 3 is 2.86 bits per heavy atom. The fourth-order valence-corrected chi connectivity index (χ4v) is 1.89. The van der Waals surface area contributed by atoms with Crippen molar-refractivity contribution in [2.45, 2.75) is 6.42 Å². The highest BCUT2D eigenvalue weighted by Gasteiger charge is 2.10. The molecule has 1 aromatic carbocycles. The first-order valence-electron chi connectivity index (χ1n) is 6.54. The molecule has 2 rings (SSSR count). The van der Waals surface area contributed by atoms with Crippen LogP contribution in [0, 0.1) is 0 Å². The summed E-state index contributed by atoms with van der Waals surface area (Å²) in [4.78, 5) is 15.7. The molecule has 1 aromatic heterocycles. The lowest BCUT2D eigenvalue weighted by Crippen LogP contribution is -2.26. The zero-order valence-electron chi connectivity index (χ0n) is 11.4. The molecule has 1 heterocycles. The number of carbonyl (C=O) groups is 1. The summed E-state index contributed by atoms with van der Waals surface area (Å²) in [7, 11) is 0. The molecule has 0 radical (unpaired) electrons. The second-order valence-corrected chi connectivity index (χ2v) is 4.77. The highest BCUT2D eigenvalue weighted by molar-refractivity contribution is 6.33. The van der Waals surface area contributed by atoms with Crippen molar-refractivity contribution in [2.75, 3.05) is 18.9 Å². The molecule has 0 aliphatic carbocycles. The Hall–Kier alpha value is -2.27. The van der Waals surface area contributed by atoms with Crippen LogP contribution in [0.5, 0.6) is 5.75 Å². The van der Waals surface area contributed by atoms with Crippen LogP contribution in [0.2, 0.25) is 5.02 Å². The van der Waals surface area contributed by atoms with E-state index in [1.165, 1.54) is 12.3 Å². The largest absolute Gasteiger partial charge is 0.494 e. The van der Waals surface area contributed by atoms with Crippen LogP contribution in [0.25, 0.3) is 0 Å². The fraction of sp³-hybridized carbons (Fsp3) is 0.200. The van der Waals surface area contributed by atoms with Gasteiger partial charge in [-0.25, -0.2) is 4.98 Å². The van der Waals surface area contributed by atoms with Crippen LogP contribution >= 0.6 is 11.6 Å². The average Bonchev–Trinajstić information content (AvgIpc) is 2.50. The normalized spacial score (nSPS) is 10.1. The van der Waals surface area contributed by atoms with Gasteiger partial charge in [0.25, 0.3) is 5.91 Å². The summed E-state index contributed by atoms with van der Waals surface area (Å²) >= 11 is 5.91. The minimum atomic E-state index is -0.270. The van der Waals surface area contributed by atoms with Gasteiger partial charge in [-0.15, -0.1) is 0 Å². The zero-order valence-corrected chi connectivity index (χ0v) is 12.1. The first kappa shape index (κ1) is 15.1. The van der Waals surface area contributed by atoms with E-state index in [4.69, 9.17) is 22.1 Å². The Morgan fingerprint density at radius 1 is 1.33 bits per heavy atom. The number of aromatic nitrogens is 1. The molecule has 0 bridgehead atoms. The van der Waals surface area contributed by atoms with E-state index in [0.717, 1.165) is 5.75 Å². The van der Waals surface area contributed by atoms with Crippen molar-refractivity contribution in [1.29, 1.82) is 0 Å². The third-order valence-corrected chi connectivity index (χ3v) is 3.04.